The van der Waals surface area contributed by atoms with Crippen molar-refractivity contribution in [3.8, 4) is 22.3 Å². The lowest BCUT2D eigenvalue weighted by atomic mass is 10.1. The van der Waals surface area contributed by atoms with E-state index >= 15 is 0 Å². The molecule has 4 rings (SSSR count). The van der Waals surface area contributed by atoms with E-state index in [1.807, 2.05) is 0 Å². The molecule has 0 bridgehead atoms. The average Bonchev–Trinajstić information content (AvgIpc) is 3.25. The second-order valence-electron chi connectivity index (χ2n) is 6.32. The zero-order chi connectivity index (χ0) is 22.5. The van der Waals surface area contributed by atoms with E-state index in [1.54, 1.807) is 0 Å². The molecule has 3 heterocycles. The fourth-order valence-electron chi connectivity index (χ4n) is 2.64. The summed E-state index contributed by atoms with van der Waals surface area (Å²) in [5.74, 6) is -2.15. The number of nitrogens with zero attached hydrogens (tertiary/aromatic N) is 5. The van der Waals surface area contributed by atoms with E-state index in [0.29, 0.717) is 16.3 Å². The lowest BCUT2D eigenvalue weighted by Crippen LogP contribution is -2.14. The Hall–Kier alpha value is -4.32. The van der Waals surface area contributed by atoms with Gasteiger partial charge in [0.05, 0.1) is 12.6 Å². The second kappa shape index (κ2) is 9.22. The van der Waals surface area contributed by atoms with Crippen LogP contribution in [0.3, 0.4) is 0 Å². The van der Waals surface area contributed by atoms with Gasteiger partial charge in [-0.1, -0.05) is 17.4 Å². The zero-order valence-corrected chi connectivity index (χ0v) is 17.0. The molecule has 0 aliphatic carbocycles. The van der Waals surface area contributed by atoms with Gasteiger partial charge in [-0.2, -0.15) is 0 Å². The number of hydrogen-bond acceptors (Lipinski definition) is 9. The number of amides is 2. The van der Waals surface area contributed by atoms with Gasteiger partial charge in [-0.25, -0.2) is 9.37 Å². The number of benzene rings is 1. The number of rotatable bonds is 7. The summed E-state index contributed by atoms with van der Waals surface area (Å²) in [6, 6.07) is 6.96. The summed E-state index contributed by atoms with van der Waals surface area (Å²) in [5, 5.41) is 11.3. The molecular weight excluding hydrogens is 437 g/mol. The van der Waals surface area contributed by atoms with Gasteiger partial charge >= 0.3 is 0 Å². The molecule has 0 spiro atoms. The van der Waals surface area contributed by atoms with Crippen molar-refractivity contribution in [3.63, 3.8) is 0 Å². The number of pyridine rings is 1. The van der Waals surface area contributed by atoms with Crippen molar-refractivity contribution in [2.75, 3.05) is 5.32 Å². The molecule has 32 heavy (non-hydrogen) atoms. The highest BCUT2D eigenvalue weighted by Gasteiger charge is 2.15. The van der Waals surface area contributed by atoms with Crippen LogP contribution in [0.4, 0.5) is 9.52 Å². The smallest absolute Gasteiger partial charge is 0.254 e. The fourth-order valence-corrected chi connectivity index (χ4v) is 3.36. The number of carbonyl (C=O) groups is 2. The first-order valence-electron chi connectivity index (χ1n) is 9.10. The van der Waals surface area contributed by atoms with Crippen LogP contribution in [0.1, 0.15) is 15.9 Å². The van der Waals surface area contributed by atoms with Crippen molar-refractivity contribution in [1.82, 2.24) is 25.1 Å². The number of hydrogen-bond donors (Lipinski definition) is 2. The lowest BCUT2D eigenvalue weighted by Gasteiger charge is -2.09. The van der Waals surface area contributed by atoms with Crippen molar-refractivity contribution in [2.45, 2.75) is 6.42 Å². The maximum atomic E-state index is 14.5. The highest BCUT2D eigenvalue weighted by Crippen LogP contribution is 2.27. The van der Waals surface area contributed by atoms with Gasteiger partial charge in [0.2, 0.25) is 16.9 Å². The number of nitrogens with two attached hydrogens (primary N) is 1. The van der Waals surface area contributed by atoms with E-state index in [-0.39, 0.29) is 28.7 Å². The Morgan fingerprint density at radius 3 is 2.75 bits per heavy atom. The predicted molar refractivity (Wildman–Crippen MR) is 112 cm³/mol. The molecule has 0 fully saturated rings. The number of carbonyl (C=O) groups excluding carboxylic acids is 2. The van der Waals surface area contributed by atoms with Crippen LogP contribution in [-0.2, 0) is 11.2 Å². The minimum absolute atomic E-state index is 0.0215. The van der Waals surface area contributed by atoms with E-state index in [0.717, 1.165) is 17.4 Å². The van der Waals surface area contributed by atoms with Gasteiger partial charge in [0.15, 0.2) is 16.6 Å². The minimum Gasteiger partial charge on any atom is -0.435 e. The first-order valence-corrected chi connectivity index (χ1v) is 9.92. The van der Waals surface area contributed by atoms with E-state index in [1.165, 1.54) is 49.1 Å². The first kappa shape index (κ1) is 20.9. The monoisotopic (exact) mass is 451 g/mol. The summed E-state index contributed by atoms with van der Waals surface area (Å²) in [6.07, 6.45) is 5.89. The normalized spacial score (nSPS) is 10.5. The molecule has 160 valence electrons. The number of anilines is 1. The van der Waals surface area contributed by atoms with Crippen molar-refractivity contribution in [1.29, 1.82) is 0 Å². The molecule has 0 radical (unpaired) electrons. The lowest BCUT2D eigenvalue weighted by molar-refractivity contribution is -0.115. The van der Waals surface area contributed by atoms with Crippen LogP contribution in [-0.4, -0.2) is 37.0 Å². The molecule has 2 amide bonds. The zero-order valence-electron chi connectivity index (χ0n) is 16.2. The van der Waals surface area contributed by atoms with Crippen molar-refractivity contribution < 1.29 is 18.7 Å². The Balaban J connectivity index is 1.41. The van der Waals surface area contributed by atoms with Crippen LogP contribution in [0, 0.1) is 5.82 Å². The number of halogens is 1. The molecule has 0 saturated carbocycles. The molecule has 0 saturated heterocycles. The Morgan fingerprint density at radius 2 is 2.00 bits per heavy atom. The molecule has 3 aromatic heterocycles. The van der Waals surface area contributed by atoms with E-state index in [4.69, 9.17) is 10.5 Å². The molecule has 10 nitrogen and oxygen atoms in total. The number of primary amides is 1. The summed E-state index contributed by atoms with van der Waals surface area (Å²) in [4.78, 5) is 35.8. The summed E-state index contributed by atoms with van der Waals surface area (Å²) >= 11 is 1.14. The third-order valence-corrected chi connectivity index (χ3v) is 4.92. The molecule has 3 N–H and O–H groups in total. The standard InChI is InChI=1S/C20H14FN7O3S/c21-13-8-11(3-4-15(13)31-18-12(17(22)30)2-1-5-25-18)9-16(29)26-20-28-27-19(32-20)14-10-23-6-7-24-14/h1-8,10H,9H2,(H2,22,30)(H,26,28,29). The van der Waals surface area contributed by atoms with Crippen molar-refractivity contribution in [3.05, 3.63) is 72.1 Å². The minimum atomic E-state index is -0.749. The Bertz CT molecular complexity index is 1280. The molecule has 0 aliphatic rings. The summed E-state index contributed by atoms with van der Waals surface area (Å²) in [7, 11) is 0. The van der Waals surface area contributed by atoms with Crippen LogP contribution in [0.5, 0.6) is 11.6 Å². The molecule has 4 aromatic rings. The predicted octanol–water partition coefficient (Wildman–Crippen LogP) is 2.60. The van der Waals surface area contributed by atoms with Gasteiger partial charge in [-0.05, 0) is 29.8 Å². The quantitative estimate of drug-likeness (QED) is 0.436. The van der Waals surface area contributed by atoms with Gasteiger partial charge in [-0.15, -0.1) is 10.2 Å². The summed E-state index contributed by atoms with van der Waals surface area (Å²) < 4.78 is 19.9. The maximum Gasteiger partial charge on any atom is 0.254 e. The van der Waals surface area contributed by atoms with Crippen molar-refractivity contribution in [2.24, 2.45) is 5.73 Å². The number of nitrogens with one attached hydrogen (secondary N) is 1. The molecule has 1 aromatic carbocycles. The van der Waals surface area contributed by atoms with Gasteiger partial charge in [0.1, 0.15) is 11.3 Å². The molecule has 12 heteroatoms. The largest absolute Gasteiger partial charge is 0.435 e. The Morgan fingerprint density at radius 1 is 1.12 bits per heavy atom. The summed E-state index contributed by atoms with van der Waals surface area (Å²) in [5.41, 5.74) is 6.23. The van der Waals surface area contributed by atoms with Crippen LogP contribution in [0.2, 0.25) is 0 Å². The fraction of sp³-hybridized carbons (Fsp3) is 0.0500. The van der Waals surface area contributed by atoms with Gasteiger partial charge in [0.25, 0.3) is 5.91 Å². The first-order chi connectivity index (χ1) is 15.5. The Labute approximate surface area is 184 Å². The Kier molecular flexibility index (Phi) is 6.03. The molecule has 0 unspecified atom stereocenters. The SMILES string of the molecule is NC(=O)c1cccnc1Oc1ccc(CC(=O)Nc2nnc(-c3cnccn3)s2)cc1F. The van der Waals surface area contributed by atoms with Gasteiger partial charge < -0.3 is 15.8 Å². The highest BCUT2D eigenvalue weighted by atomic mass is 32.1. The van der Waals surface area contributed by atoms with Crippen LogP contribution >= 0.6 is 11.3 Å². The third kappa shape index (κ3) is 4.87. The number of ether oxygens (including phenoxy) is 1. The van der Waals surface area contributed by atoms with Crippen molar-refractivity contribution >= 4 is 28.3 Å². The van der Waals surface area contributed by atoms with E-state index in [2.05, 4.69) is 30.5 Å². The van der Waals surface area contributed by atoms with Gasteiger partial charge in [-0.3, -0.25) is 19.6 Å². The number of aromatic nitrogens is 5. The third-order valence-electron chi connectivity index (χ3n) is 4.06. The van der Waals surface area contributed by atoms with Crippen LogP contribution in [0.15, 0.2) is 55.1 Å². The molecule has 0 aliphatic heterocycles. The van der Waals surface area contributed by atoms with E-state index in [9.17, 15) is 14.0 Å². The molecule has 0 atom stereocenters. The molecular formula is C20H14FN7O3S. The summed E-state index contributed by atoms with van der Waals surface area (Å²) in [6.45, 7) is 0. The highest BCUT2D eigenvalue weighted by molar-refractivity contribution is 7.18. The van der Waals surface area contributed by atoms with E-state index < -0.39 is 17.6 Å². The van der Waals surface area contributed by atoms with Gasteiger partial charge in [0, 0.05) is 18.6 Å². The average molecular weight is 451 g/mol. The second-order valence-corrected chi connectivity index (χ2v) is 7.29. The maximum absolute atomic E-state index is 14.5. The topological polar surface area (TPSA) is 146 Å². The van der Waals surface area contributed by atoms with Crippen LogP contribution in [0.25, 0.3) is 10.7 Å². The van der Waals surface area contributed by atoms with Crippen LogP contribution < -0.4 is 15.8 Å².